The fraction of sp³-hybridized carbons (Fsp3) is 0.250. The van der Waals surface area contributed by atoms with Gasteiger partial charge in [-0.1, -0.05) is 36.4 Å². The first-order valence-corrected chi connectivity index (χ1v) is 11.2. The monoisotopic (exact) mass is 428 g/mol. The van der Waals surface area contributed by atoms with Gasteiger partial charge in [0, 0.05) is 19.8 Å². The van der Waals surface area contributed by atoms with Gasteiger partial charge in [-0.05, 0) is 69.5 Å². The summed E-state index contributed by atoms with van der Waals surface area (Å²) in [6.07, 6.45) is 1.73. The first-order valence-electron chi connectivity index (χ1n) is 9.53. The van der Waals surface area contributed by atoms with Crippen molar-refractivity contribution in [3.63, 3.8) is 0 Å². The maximum absolute atomic E-state index is 15.2. The van der Waals surface area contributed by atoms with Crippen LogP contribution in [0.3, 0.4) is 0 Å². The number of rotatable bonds is 8. The number of ether oxygens (including phenoxy) is 2. The molecule has 0 aromatic heterocycles. The molecule has 0 saturated carbocycles. The summed E-state index contributed by atoms with van der Waals surface area (Å²) in [4.78, 5) is 0. The summed E-state index contributed by atoms with van der Waals surface area (Å²) in [5, 5.41) is 0. The Labute approximate surface area is 177 Å². The molecule has 0 aliphatic carbocycles. The average Bonchev–Trinajstić information content (AvgIpc) is 2.75. The Balaban J connectivity index is 2.09. The Morgan fingerprint density at radius 2 is 1.34 bits per heavy atom. The van der Waals surface area contributed by atoms with Gasteiger partial charge in [-0.25, -0.2) is 4.39 Å². The van der Waals surface area contributed by atoms with E-state index in [0.717, 1.165) is 40.1 Å². The number of halogens is 1. The molecular formula is C24H27FO2P2. The Hall–Kier alpha value is -1.63. The molecule has 0 aliphatic heterocycles. The molecule has 152 valence electrons. The Kier molecular flexibility index (Phi) is 7.92. The zero-order chi connectivity index (χ0) is 20.8. The third kappa shape index (κ3) is 5.11. The van der Waals surface area contributed by atoms with Gasteiger partial charge in [0.15, 0.2) is 0 Å². The van der Waals surface area contributed by atoms with Crippen LogP contribution in [0, 0.1) is 5.82 Å². The second-order valence-electron chi connectivity index (χ2n) is 6.94. The quantitative estimate of drug-likeness (QED) is 0.398. The SMILES string of the molecule is COCc1cc(-c2cc(COC)c(-c3ccc(CP)cc3)cc2F)ccc1CP. The maximum atomic E-state index is 15.2. The third-order valence-corrected chi connectivity index (χ3v) is 5.94. The third-order valence-electron chi connectivity index (χ3n) is 5.03. The Bertz CT molecular complexity index is 971. The number of hydrogen-bond acceptors (Lipinski definition) is 2. The fourth-order valence-electron chi connectivity index (χ4n) is 3.49. The van der Waals surface area contributed by atoms with Crippen LogP contribution >= 0.6 is 18.5 Å². The summed E-state index contributed by atoms with van der Waals surface area (Å²) in [5.41, 5.74) is 7.72. The van der Waals surface area contributed by atoms with E-state index in [1.54, 1.807) is 20.3 Å². The van der Waals surface area contributed by atoms with Crippen molar-refractivity contribution < 1.29 is 13.9 Å². The van der Waals surface area contributed by atoms with Crippen molar-refractivity contribution in [3.05, 3.63) is 82.7 Å². The van der Waals surface area contributed by atoms with E-state index in [4.69, 9.17) is 9.47 Å². The van der Waals surface area contributed by atoms with Crippen LogP contribution in [0.4, 0.5) is 4.39 Å². The molecule has 3 rings (SSSR count). The maximum Gasteiger partial charge on any atom is 0.131 e. The van der Waals surface area contributed by atoms with Crippen molar-refractivity contribution >= 4 is 18.5 Å². The van der Waals surface area contributed by atoms with E-state index < -0.39 is 0 Å². The molecule has 2 nitrogen and oxygen atoms in total. The van der Waals surface area contributed by atoms with Gasteiger partial charge < -0.3 is 9.47 Å². The van der Waals surface area contributed by atoms with E-state index in [0.29, 0.717) is 18.8 Å². The van der Waals surface area contributed by atoms with Crippen LogP contribution in [0.2, 0.25) is 0 Å². The number of benzene rings is 3. The van der Waals surface area contributed by atoms with Crippen LogP contribution in [0.5, 0.6) is 0 Å². The molecule has 0 bridgehead atoms. The lowest BCUT2D eigenvalue weighted by molar-refractivity contribution is 0.184. The van der Waals surface area contributed by atoms with Crippen LogP contribution in [0.15, 0.2) is 54.6 Å². The molecule has 0 spiro atoms. The fourth-order valence-corrected chi connectivity index (χ4v) is 4.16. The van der Waals surface area contributed by atoms with Crippen LogP contribution in [0.1, 0.15) is 22.3 Å². The lowest BCUT2D eigenvalue weighted by Crippen LogP contribution is -1.99. The summed E-state index contributed by atoms with van der Waals surface area (Å²) in [5.74, 6) is -0.239. The zero-order valence-corrected chi connectivity index (χ0v) is 19.2. The van der Waals surface area contributed by atoms with Crippen molar-refractivity contribution in [2.75, 3.05) is 14.2 Å². The molecule has 5 heteroatoms. The summed E-state index contributed by atoms with van der Waals surface area (Å²) in [6, 6.07) is 17.8. The average molecular weight is 428 g/mol. The molecule has 29 heavy (non-hydrogen) atoms. The van der Waals surface area contributed by atoms with Crippen LogP contribution < -0.4 is 0 Å². The second-order valence-corrected chi connectivity index (χ2v) is 7.76. The van der Waals surface area contributed by atoms with Crippen molar-refractivity contribution in [2.45, 2.75) is 25.5 Å². The van der Waals surface area contributed by atoms with Crippen LogP contribution in [0.25, 0.3) is 22.3 Å². The Morgan fingerprint density at radius 1 is 0.690 bits per heavy atom. The minimum atomic E-state index is -0.239. The number of methoxy groups -OCH3 is 2. The van der Waals surface area contributed by atoms with E-state index in [2.05, 4.69) is 30.6 Å². The van der Waals surface area contributed by atoms with Gasteiger partial charge >= 0.3 is 0 Å². The Morgan fingerprint density at radius 3 is 1.97 bits per heavy atom. The molecule has 0 aliphatic rings. The highest BCUT2D eigenvalue weighted by molar-refractivity contribution is 7.15. The molecular weight excluding hydrogens is 401 g/mol. The van der Waals surface area contributed by atoms with Crippen molar-refractivity contribution in [1.82, 2.24) is 0 Å². The van der Waals surface area contributed by atoms with Crippen molar-refractivity contribution in [1.29, 1.82) is 0 Å². The van der Waals surface area contributed by atoms with Crippen LogP contribution in [-0.4, -0.2) is 14.2 Å². The van der Waals surface area contributed by atoms with Crippen molar-refractivity contribution in [3.8, 4) is 22.3 Å². The van der Waals surface area contributed by atoms with E-state index in [-0.39, 0.29) is 5.82 Å². The highest BCUT2D eigenvalue weighted by atomic mass is 31.0. The normalized spacial score (nSPS) is 11.1. The molecule has 0 radical (unpaired) electrons. The molecule has 0 heterocycles. The minimum absolute atomic E-state index is 0.239. The van der Waals surface area contributed by atoms with Gasteiger partial charge in [0.2, 0.25) is 0 Å². The van der Waals surface area contributed by atoms with Gasteiger partial charge in [-0.3, -0.25) is 0 Å². The van der Waals surface area contributed by atoms with Gasteiger partial charge in [0.05, 0.1) is 13.2 Å². The van der Waals surface area contributed by atoms with Gasteiger partial charge in [-0.15, -0.1) is 18.5 Å². The summed E-state index contributed by atoms with van der Waals surface area (Å²) in [7, 11) is 8.79. The molecule has 0 fully saturated rings. The second kappa shape index (κ2) is 10.4. The van der Waals surface area contributed by atoms with Gasteiger partial charge in [-0.2, -0.15) is 0 Å². The van der Waals surface area contributed by atoms with Crippen LogP contribution in [-0.2, 0) is 35.0 Å². The standard InChI is InChI=1S/C24H27FO2P2/c1-26-12-20-9-18(7-8-19(20)15-29)23-10-21(13-27-2)22(11-24(23)25)17-5-3-16(14-28)4-6-17/h3-11H,12-15,28-29H2,1-2H3. The van der Waals surface area contributed by atoms with Gasteiger partial charge in [0.1, 0.15) is 5.82 Å². The van der Waals surface area contributed by atoms with E-state index in [1.807, 2.05) is 36.4 Å². The highest BCUT2D eigenvalue weighted by Gasteiger charge is 2.14. The summed E-state index contributed by atoms with van der Waals surface area (Å²) < 4.78 is 25.9. The molecule has 2 unspecified atom stereocenters. The summed E-state index contributed by atoms with van der Waals surface area (Å²) >= 11 is 0. The molecule has 3 aromatic rings. The predicted molar refractivity (Wildman–Crippen MR) is 126 cm³/mol. The van der Waals surface area contributed by atoms with E-state index >= 15 is 4.39 Å². The minimum Gasteiger partial charge on any atom is -0.380 e. The van der Waals surface area contributed by atoms with Gasteiger partial charge in [0.25, 0.3) is 0 Å². The topological polar surface area (TPSA) is 18.5 Å². The highest BCUT2D eigenvalue weighted by Crippen LogP contribution is 2.33. The molecule has 0 saturated heterocycles. The summed E-state index contributed by atoms with van der Waals surface area (Å²) in [6.45, 7) is 0.923. The molecule has 0 amide bonds. The first-order chi connectivity index (χ1) is 14.1. The molecule has 3 aromatic carbocycles. The largest absolute Gasteiger partial charge is 0.380 e. The predicted octanol–water partition coefficient (Wildman–Crippen LogP) is 6.20. The van der Waals surface area contributed by atoms with Crippen molar-refractivity contribution in [2.24, 2.45) is 0 Å². The smallest absolute Gasteiger partial charge is 0.131 e. The first kappa shape index (κ1) is 22.1. The zero-order valence-electron chi connectivity index (χ0n) is 16.9. The lowest BCUT2D eigenvalue weighted by atomic mass is 9.93. The number of hydrogen-bond donors (Lipinski definition) is 0. The lowest BCUT2D eigenvalue weighted by Gasteiger charge is -2.15. The molecule has 2 atom stereocenters. The van der Waals surface area contributed by atoms with E-state index in [1.165, 1.54) is 11.1 Å². The van der Waals surface area contributed by atoms with E-state index in [9.17, 15) is 0 Å². The molecule has 0 N–H and O–H groups in total.